The van der Waals surface area contributed by atoms with E-state index in [2.05, 4.69) is 9.97 Å². The third-order valence-electron chi connectivity index (χ3n) is 3.09. The van der Waals surface area contributed by atoms with Crippen LogP contribution in [0.15, 0.2) is 41.2 Å². The van der Waals surface area contributed by atoms with Crippen LogP contribution in [0.2, 0.25) is 5.15 Å². The number of pyridine rings is 1. The van der Waals surface area contributed by atoms with Crippen molar-refractivity contribution < 1.29 is 0 Å². The molecule has 0 radical (unpaired) electrons. The van der Waals surface area contributed by atoms with Gasteiger partial charge in [0.15, 0.2) is 5.65 Å². The number of nitrogen functional groups attached to an aromatic ring is 1. The highest BCUT2D eigenvalue weighted by Gasteiger charge is 2.13. The van der Waals surface area contributed by atoms with Crippen LogP contribution in [0.1, 0.15) is 5.56 Å². The molecule has 0 aliphatic heterocycles. The molecule has 0 aliphatic carbocycles. The van der Waals surface area contributed by atoms with Gasteiger partial charge in [-0.15, -0.1) is 0 Å². The third kappa shape index (κ3) is 1.92. The lowest BCUT2D eigenvalue weighted by atomic mass is 10.2. The molecule has 0 bridgehead atoms. The zero-order valence-corrected chi connectivity index (χ0v) is 11.4. The summed E-state index contributed by atoms with van der Waals surface area (Å²) in [5.74, 6) is 0.152. The van der Waals surface area contributed by atoms with E-state index in [-0.39, 0.29) is 5.82 Å². The van der Waals surface area contributed by atoms with Crippen LogP contribution in [0.3, 0.4) is 0 Å². The molecule has 2 N–H and O–H groups in total. The Hall–Kier alpha value is -2.40. The van der Waals surface area contributed by atoms with Crippen LogP contribution in [0.5, 0.6) is 0 Å². The first-order chi connectivity index (χ1) is 9.58. The minimum atomic E-state index is -0.473. The van der Waals surface area contributed by atoms with Gasteiger partial charge >= 0.3 is 5.69 Å². The normalized spacial score (nSPS) is 10.9. The van der Waals surface area contributed by atoms with E-state index in [0.29, 0.717) is 21.9 Å². The number of nitrogens with zero attached hydrogens (tertiary/aromatic N) is 3. The van der Waals surface area contributed by atoms with Crippen LogP contribution >= 0.6 is 11.6 Å². The van der Waals surface area contributed by atoms with Gasteiger partial charge in [0.2, 0.25) is 0 Å². The third-order valence-corrected chi connectivity index (χ3v) is 3.30. The molecule has 0 atom stereocenters. The van der Waals surface area contributed by atoms with Gasteiger partial charge < -0.3 is 5.73 Å². The Morgan fingerprint density at radius 1 is 1.15 bits per heavy atom. The number of para-hydroxylation sites is 1. The maximum absolute atomic E-state index is 12.2. The summed E-state index contributed by atoms with van der Waals surface area (Å²) in [6.45, 7) is 1.91. The molecule has 0 saturated carbocycles. The standard InChI is InChI=1S/C14H11ClN4O/c1-8-4-2-3-5-10(8)19-13-9(6-7-11(15)17-13)12(16)18-14(19)20/h2-7H,1H3,(H2,16,18,20). The van der Waals surface area contributed by atoms with Gasteiger partial charge in [-0.25, -0.2) is 14.3 Å². The molecule has 0 saturated heterocycles. The van der Waals surface area contributed by atoms with E-state index < -0.39 is 5.69 Å². The molecule has 0 spiro atoms. The zero-order chi connectivity index (χ0) is 14.3. The van der Waals surface area contributed by atoms with Crippen molar-refractivity contribution in [2.75, 3.05) is 5.73 Å². The molecule has 0 unspecified atom stereocenters. The summed E-state index contributed by atoms with van der Waals surface area (Å²) in [4.78, 5) is 20.3. The van der Waals surface area contributed by atoms with E-state index in [1.54, 1.807) is 12.1 Å². The number of nitrogens with two attached hydrogens (primary N) is 1. The van der Waals surface area contributed by atoms with Crippen LogP contribution in [-0.4, -0.2) is 14.5 Å². The van der Waals surface area contributed by atoms with Crippen molar-refractivity contribution in [3.8, 4) is 5.69 Å². The highest BCUT2D eigenvalue weighted by atomic mass is 35.5. The first-order valence-electron chi connectivity index (χ1n) is 5.99. The minimum absolute atomic E-state index is 0.152. The van der Waals surface area contributed by atoms with Gasteiger partial charge in [0.1, 0.15) is 11.0 Å². The Morgan fingerprint density at radius 3 is 2.65 bits per heavy atom. The summed E-state index contributed by atoms with van der Waals surface area (Å²) in [6, 6.07) is 10.8. The molecule has 3 aromatic rings. The molecular weight excluding hydrogens is 276 g/mol. The summed E-state index contributed by atoms with van der Waals surface area (Å²) in [7, 11) is 0. The fraction of sp³-hybridized carbons (Fsp3) is 0.0714. The molecule has 20 heavy (non-hydrogen) atoms. The maximum Gasteiger partial charge on any atom is 0.355 e. The number of aryl methyl sites for hydroxylation is 1. The molecule has 2 aromatic heterocycles. The zero-order valence-electron chi connectivity index (χ0n) is 10.7. The van der Waals surface area contributed by atoms with Crippen LogP contribution in [0.4, 0.5) is 5.82 Å². The smallest absolute Gasteiger partial charge is 0.355 e. The first kappa shape index (κ1) is 12.6. The second kappa shape index (κ2) is 4.61. The summed E-state index contributed by atoms with van der Waals surface area (Å²) >= 11 is 5.93. The summed E-state index contributed by atoms with van der Waals surface area (Å²) in [5.41, 5.74) is 7.37. The molecular formula is C14H11ClN4O. The van der Waals surface area contributed by atoms with Gasteiger partial charge in [-0.2, -0.15) is 4.98 Å². The monoisotopic (exact) mass is 286 g/mol. The largest absolute Gasteiger partial charge is 0.383 e. The first-order valence-corrected chi connectivity index (χ1v) is 6.36. The predicted octanol–water partition coefficient (Wildman–Crippen LogP) is 2.32. The SMILES string of the molecule is Cc1ccccc1-n1c(=O)nc(N)c2ccc(Cl)nc21. The average Bonchev–Trinajstić information content (AvgIpc) is 2.40. The van der Waals surface area contributed by atoms with Gasteiger partial charge in [-0.05, 0) is 30.7 Å². The van der Waals surface area contributed by atoms with E-state index in [1.165, 1.54) is 4.57 Å². The van der Waals surface area contributed by atoms with Crippen LogP contribution in [0, 0.1) is 6.92 Å². The molecule has 2 heterocycles. The lowest BCUT2D eigenvalue weighted by Gasteiger charge is -2.12. The number of aromatic nitrogens is 3. The molecule has 5 nitrogen and oxygen atoms in total. The van der Waals surface area contributed by atoms with Crippen molar-refractivity contribution >= 4 is 28.5 Å². The number of rotatable bonds is 1. The lowest BCUT2D eigenvalue weighted by Crippen LogP contribution is -2.24. The number of halogens is 1. The second-order valence-corrected chi connectivity index (χ2v) is 4.79. The Bertz CT molecular complexity index is 873. The Kier molecular flexibility index (Phi) is 2.91. The Morgan fingerprint density at radius 2 is 1.90 bits per heavy atom. The van der Waals surface area contributed by atoms with Crippen LogP contribution < -0.4 is 11.4 Å². The number of anilines is 1. The van der Waals surface area contributed by atoms with Crippen molar-refractivity contribution in [2.45, 2.75) is 6.92 Å². The van der Waals surface area contributed by atoms with E-state index in [1.807, 2.05) is 31.2 Å². The quantitative estimate of drug-likeness (QED) is 0.697. The predicted molar refractivity (Wildman–Crippen MR) is 79.3 cm³/mol. The highest BCUT2D eigenvalue weighted by Crippen LogP contribution is 2.21. The number of benzene rings is 1. The van der Waals surface area contributed by atoms with Crippen molar-refractivity contribution in [1.29, 1.82) is 0 Å². The lowest BCUT2D eigenvalue weighted by molar-refractivity contribution is 0.937. The molecule has 3 rings (SSSR count). The topological polar surface area (TPSA) is 73.8 Å². The summed E-state index contributed by atoms with van der Waals surface area (Å²) in [6.07, 6.45) is 0. The fourth-order valence-electron chi connectivity index (χ4n) is 2.13. The number of hydrogen-bond donors (Lipinski definition) is 1. The number of fused-ring (bicyclic) bond motifs is 1. The van der Waals surface area contributed by atoms with E-state index in [9.17, 15) is 4.79 Å². The average molecular weight is 287 g/mol. The molecule has 0 fully saturated rings. The van der Waals surface area contributed by atoms with Crippen molar-refractivity contribution in [1.82, 2.24) is 14.5 Å². The van der Waals surface area contributed by atoms with Crippen molar-refractivity contribution in [3.05, 3.63) is 57.6 Å². The van der Waals surface area contributed by atoms with Gasteiger partial charge in [-0.3, -0.25) is 0 Å². The molecule has 6 heteroatoms. The van der Waals surface area contributed by atoms with Crippen LogP contribution in [0.25, 0.3) is 16.7 Å². The molecule has 0 aliphatic rings. The van der Waals surface area contributed by atoms with Crippen LogP contribution in [-0.2, 0) is 0 Å². The van der Waals surface area contributed by atoms with E-state index >= 15 is 0 Å². The van der Waals surface area contributed by atoms with Gasteiger partial charge in [0.25, 0.3) is 0 Å². The number of hydrogen-bond acceptors (Lipinski definition) is 4. The molecule has 0 amide bonds. The Labute approximate surface area is 119 Å². The van der Waals surface area contributed by atoms with Crippen molar-refractivity contribution in [3.63, 3.8) is 0 Å². The van der Waals surface area contributed by atoms with Gasteiger partial charge in [0.05, 0.1) is 11.1 Å². The van der Waals surface area contributed by atoms with E-state index in [0.717, 1.165) is 5.56 Å². The maximum atomic E-state index is 12.2. The van der Waals surface area contributed by atoms with E-state index in [4.69, 9.17) is 17.3 Å². The minimum Gasteiger partial charge on any atom is -0.383 e. The molecule has 100 valence electrons. The fourth-order valence-corrected chi connectivity index (χ4v) is 2.27. The molecule has 1 aromatic carbocycles. The second-order valence-electron chi connectivity index (χ2n) is 4.41. The highest BCUT2D eigenvalue weighted by molar-refractivity contribution is 6.29. The summed E-state index contributed by atoms with van der Waals surface area (Å²) in [5, 5.41) is 0.891. The van der Waals surface area contributed by atoms with Gasteiger partial charge in [-0.1, -0.05) is 29.8 Å². The summed E-state index contributed by atoms with van der Waals surface area (Å²) < 4.78 is 1.42. The Balaban J connectivity index is 2.50. The van der Waals surface area contributed by atoms with Gasteiger partial charge in [0, 0.05) is 0 Å². The van der Waals surface area contributed by atoms with Crippen molar-refractivity contribution in [2.24, 2.45) is 0 Å².